The molecule has 1 saturated carbocycles. The monoisotopic (exact) mass is 388 g/mol. The molecule has 2 fully saturated rings. The first-order valence-corrected chi connectivity index (χ1v) is 10.8. The molecule has 1 aromatic carbocycles. The van der Waals surface area contributed by atoms with E-state index in [0.29, 0.717) is 54.6 Å². The molecule has 1 aliphatic heterocycles. The van der Waals surface area contributed by atoms with Crippen molar-refractivity contribution in [1.29, 1.82) is 0 Å². The number of piperazine rings is 1. The highest BCUT2D eigenvalue weighted by atomic mass is 32.2. The first-order valence-electron chi connectivity index (χ1n) is 9.31. The Hall–Kier alpha value is -2.03. The van der Waals surface area contributed by atoms with Crippen molar-refractivity contribution in [3.63, 3.8) is 0 Å². The van der Waals surface area contributed by atoms with Gasteiger partial charge in [-0.3, -0.25) is 14.7 Å². The number of amides is 1. The highest BCUT2D eigenvalue weighted by Crippen LogP contribution is 2.27. The number of sulfonamides is 1. The fraction of sp³-hybridized carbons (Fsp3) is 0.474. The van der Waals surface area contributed by atoms with Crippen molar-refractivity contribution >= 4 is 26.8 Å². The van der Waals surface area contributed by atoms with Crippen molar-refractivity contribution in [1.82, 2.24) is 19.5 Å². The Bertz CT molecular complexity index is 964. The molecule has 1 amide bonds. The number of nitrogens with zero attached hydrogens (tertiary/aromatic N) is 3. The molecule has 1 N–H and O–H groups in total. The van der Waals surface area contributed by atoms with Crippen LogP contribution in [0.5, 0.6) is 0 Å². The molecule has 2 aliphatic rings. The van der Waals surface area contributed by atoms with Gasteiger partial charge in [0.15, 0.2) is 0 Å². The second-order valence-electron chi connectivity index (χ2n) is 7.30. The number of aromatic nitrogens is 1. The molecule has 1 aliphatic carbocycles. The quantitative estimate of drug-likeness (QED) is 0.830. The Labute approximate surface area is 159 Å². The normalized spacial score (nSPS) is 19.3. The summed E-state index contributed by atoms with van der Waals surface area (Å²) in [5, 5.41) is 3.63. The Balaban J connectivity index is 1.47. The highest BCUT2D eigenvalue weighted by Gasteiger charge is 2.31. The molecule has 8 heteroatoms. The van der Waals surface area contributed by atoms with Gasteiger partial charge in [0.2, 0.25) is 15.9 Å². The summed E-state index contributed by atoms with van der Waals surface area (Å²) in [5.74, 6) is 0.0319. The molecule has 2 heterocycles. The van der Waals surface area contributed by atoms with Crippen molar-refractivity contribution in [2.45, 2.75) is 30.7 Å². The van der Waals surface area contributed by atoms with E-state index < -0.39 is 10.0 Å². The standard InChI is InChI=1S/C19H24N4O3S/c1-14-4-7-17(16-3-2-8-20-19(14)16)27(25,26)23-11-9-22(10-12-23)13-18(24)21-15-5-6-15/h2-4,7-8,15H,5-6,9-13H2,1H3,(H,21,24). The van der Waals surface area contributed by atoms with Crippen molar-refractivity contribution in [2.24, 2.45) is 0 Å². The number of benzene rings is 1. The average Bonchev–Trinajstić information content (AvgIpc) is 3.46. The second kappa shape index (κ2) is 7.18. The second-order valence-corrected chi connectivity index (χ2v) is 9.21. The molecule has 27 heavy (non-hydrogen) atoms. The van der Waals surface area contributed by atoms with Gasteiger partial charge in [-0.15, -0.1) is 0 Å². The SMILES string of the molecule is Cc1ccc(S(=O)(=O)N2CCN(CC(=O)NC3CC3)CC2)c2cccnc12. The van der Waals surface area contributed by atoms with E-state index in [9.17, 15) is 13.2 Å². The number of carbonyl (C=O) groups is 1. The first kappa shape index (κ1) is 18.3. The van der Waals surface area contributed by atoms with E-state index in [1.54, 1.807) is 30.5 Å². The third kappa shape index (κ3) is 3.83. The molecule has 1 aromatic heterocycles. The number of nitrogens with one attached hydrogen (secondary N) is 1. The largest absolute Gasteiger partial charge is 0.352 e. The lowest BCUT2D eigenvalue weighted by atomic mass is 10.1. The van der Waals surface area contributed by atoms with Gasteiger partial charge in [-0.05, 0) is 43.5 Å². The zero-order valence-corrected chi connectivity index (χ0v) is 16.2. The van der Waals surface area contributed by atoms with Crippen LogP contribution in [0.4, 0.5) is 0 Å². The molecule has 1 saturated heterocycles. The van der Waals surface area contributed by atoms with Crippen LogP contribution in [0.25, 0.3) is 10.9 Å². The van der Waals surface area contributed by atoms with Gasteiger partial charge in [-0.1, -0.05) is 6.07 Å². The lowest BCUT2D eigenvalue weighted by Gasteiger charge is -2.33. The van der Waals surface area contributed by atoms with E-state index >= 15 is 0 Å². The molecule has 144 valence electrons. The van der Waals surface area contributed by atoms with Crippen LogP contribution in [-0.2, 0) is 14.8 Å². The van der Waals surface area contributed by atoms with Crippen LogP contribution in [0, 0.1) is 6.92 Å². The van der Waals surface area contributed by atoms with Gasteiger partial charge in [0.1, 0.15) is 0 Å². The summed E-state index contributed by atoms with van der Waals surface area (Å²) in [6, 6.07) is 7.39. The van der Waals surface area contributed by atoms with E-state index in [0.717, 1.165) is 18.4 Å². The maximum Gasteiger partial charge on any atom is 0.243 e. The van der Waals surface area contributed by atoms with Crippen LogP contribution in [0.2, 0.25) is 0 Å². The van der Waals surface area contributed by atoms with E-state index in [4.69, 9.17) is 0 Å². The third-order valence-corrected chi connectivity index (χ3v) is 7.15. The van der Waals surface area contributed by atoms with E-state index in [-0.39, 0.29) is 5.91 Å². The summed E-state index contributed by atoms with van der Waals surface area (Å²) in [5.41, 5.74) is 1.67. The fourth-order valence-corrected chi connectivity index (χ4v) is 5.09. The molecule has 0 bridgehead atoms. The summed E-state index contributed by atoms with van der Waals surface area (Å²) >= 11 is 0. The zero-order valence-electron chi connectivity index (χ0n) is 15.4. The molecule has 0 spiro atoms. The minimum atomic E-state index is -3.60. The van der Waals surface area contributed by atoms with Gasteiger partial charge < -0.3 is 5.32 Å². The Morgan fingerprint density at radius 3 is 2.63 bits per heavy atom. The van der Waals surface area contributed by atoms with E-state index in [1.165, 1.54) is 4.31 Å². The van der Waals surface area contributed by atoms with Crippen LogP contribution >= 0.6 is 0 Å². The third-order valence-electron chi connectivity index (χ3n) is 5.19. The Morgan fingerprint density at radius 1 is 1.19 bits per heavy atom. The lowest BCUT2D eigenvalue weighted by molar-refractivity contribution is -0.122. The van der Waals surface area contributed by atoms with Crippen molar-refractivity contribution in [3.8, 4) is 0 Å². The van der Waals surface area contributed by atoms with Crippen molar-refractivity contribution in [2.75, 3.05) is 32.7 Å². The number of aryl methyl sites for hydroxylation is 1. The number of fused-ring (bicyclic) bond motifs is 1. The molecule has 2 aromatic rings. The van der Waals surface area contributed by atoms with Crippen LogP contribution in [0.3, 0.4) is 0 Å². The van der Waals surface area contributed by atoms with Crippen molar-refractivity contribution < 1.29 is 13.2 Å². The zero-order chi connectivity index (χ0) is 19.0. The first-order chi connectivity index (χ1) is 12.9. The summed E-state index contributed by atoms with van der Waals surface area (Å²) in [6.45, 7) is 4.14. The summed E-state index contributed by atoms with van der Waals surface area (Å²) in [7, 11) is -3.60. The van der Waals surface area contributed by atoms with Crippen LogP contribution in [-0.4, -0.2) is 67.3 Å². The predicted molar refractivity (Wildman–Crippen MR) is 103 cm³/mol. The Morgan fingerprint density at radius 2 is 1.93 bits per heavy atom. The highest BCUT2D eigenvalue weighted by molar-refractivity contribution is 7.89. The molecule has 0 radical (unpaired) electrons. The molecule has 4 rings (SSSR count). The van der Waals surface area contributed by atoms with Gasteiger partial charge >= 0.3 is 0 Å². The van der Waals surface area contributed by atoms with Crippen LogP contribution in [0.15, 0.2) is 35.4 Å². The minimum Gasteiger partial charge on any atom is -0.352 e. The van der Waals surface area contributed by atoms with Crippen molar-refractivity contribution in [3.05, 3.63) is 36.0 Å². The number of rotatable bonds is 5. The van der Waals surface area contributed by atoms with E-state index in [2.05, 4.69) is 10.3 Å². The smallest absolute Gasteiger partial charge is 0.243 e. The predicted octanol–water partition coefficient (Wildman–Crippen LogP) is 1.13. The number of pyridine rings is 1. The van der Waals surface area contributed by atoms with Crippen LogP contribution in [0.1, 0.15) is 18.4 Å². The fourth-order valence-electron chi connectivity index (χ4n) is 3.48. The van der Waals surface area contributed by atoms with Gasteiger partial charge in [-0.25, -0.2) is 8.42 Å². The number of carbonyl (C=O) groups excluding carboxylic acids is 1. The topological polar surface area (TPSA) is 82.6 Å². The van der Waals surface area contributed by atoms with Gasteiger partial charge in [0, 0.05) is 43.8 Å². The molecule has 0 atom stereocenters. The minimum absolute atomic E-state index is 0.0319. The number of hydrogen-bond acceptors (Lipinski definition) is 5. The number of hydrogen-bond donors (Lipinski definition) is 1. The van der Waals surface area contributed by atoms with Gasteiger partial charge in [0.05, 0.1) is 17.0 Å². The molecule has 0 unspecified atom stereocenters. The Kier molecular flexibility index (Phi) is 4.88. The van der Waals surface area contributed by atoms with Crippen LogP contribution < -0.4 is 5.32 Å². The summed E-state index contributed by atoms with van der Waals surface area (Å²) in [4.78, 5) is 18.6. The lowest BCUT2D eigenvalue weighted by Crippen LogP contribution is -2.51. The van der Waals surface area contributed by atoms with E-state index in [1.807, 2.05) is 11.8 Å². The maximum atomic E-state index is 13.2. The average molecular weight is 388 g/mol. The molecule has 7 nitrogen and oxygen atoms in total. The van der Waals surface area contributed by atoms with Gasteiger partial charge in [0.25, 0.3) is 0 Å². The van der Waals surface area contributed by atoms with Gasteiger partial charge in [-0.2, -0.15) is 4.31 Å². The maximum absolute atomic E-state index is 13.2. The molecular formula is C19H24N4O3S. The molecular weight excluding hydrogens is 364 g/mol. The summed E-state index contributed by atoms with van der Waals surface area (Å²) in [6.07, 6.45) is 3.81. The summed E-state index contributed by atoms with van der Waals surface area (Å²) < 4.78 is 27.9.